The zero-order valence-electron chi connectivity index (χ0n) is 13.6. The number of aromatic hydroxyl groups is 1. The summed E-state index contributed by atoms with van der Waals surface area (Å²) in [5, 5.41) is 9.52. The highest BCUT2D eigenvalue weighted by atomic mass is 16.6. The fourth-order valence-corrected chi connectivity index (χ4v) is 2.89. The lowest BCUT2D eigenvalue weighted by molar-refractivity contribution is 0.0203. The first kappa shape index (κ1) is 15.4. The highest BCUT2D eigenvalue weighted by Gasteiger charge is 2.36. The molecule has 1 N–H and O–H groups in total. The minimum absolute atomic E-state index is 0.193. The lowest BCUT2D eigenvalue weighted by Gasteiger charge is -2.29. The summed E-state index contributed by atoms with van der Waals surface area (Å²) in [6.45, 7) is 6.12. The number of ether oxygens (including phenoxy) is 1. The van der Waals surface area contributed by atoms with E-state index in [1.54, 1.807) is 17.0 Å². The monoisotopic (exact) mass is 311 g/mol. The van der Waals surface area contributed by atoms with E-state index in [2.05, 4.69) is 0 Å². The normalized spacial score (nSPS) is 17.0. The van der Waals surface area contributed by atoms with E-state index in [0.29, 0.717) is 6.54 Å². The minimum Gasteiger partial charge on any atom is -0.508 e. The smallest absolute Gasteiger partial charge is 0.411 e. The Morgan fingerprint density at radius 2 is 1.78 bits per heavy atom. The van der Waals surface area contributed by atoms with Gasteiger partial charge in [-0.3, -0.25) is 4.90 Å². The van der Waals surface area contributed by atoms with Crippen molar-refractivity contribution in [2.75, 3.05) is 0 Å². The highest BCUT2D eigenvalue weighted by Crippen LogP contribution is 2.39. The van der Waals surface area contributed by atoms with Crippen LogP contribution in [0.15, 0.2) is 48.5 Å². The molecule has 0 radical (unpaired) electrons. The third-order valence-corrected chi connectivity index (χ3v) is 3.84. The molecule has 1 heterocycles. The number of hydrogen-bond donors (Lipinski definition) is 1. The van der Waals surface area contributed by atoms with Gasteiger partial charge in [-0.05, 0) is 49.6 Å². The van der Waals surface area contributed by atoms with Crippen LogP contribution in [0.4, 0.5) is 4.79 Å². The lowest BCUT2D eigenvalue weighted by Crippen LogP contribution is -2.36. The molecule has 4 nitrogen and oxygen atoms in total. The molecule has 1 aliphatic heterocycles. The summed E-state index contributed by atoms with van der Waals surface area (Å²) >= 11 is 0. The van der Waals surface area contributed by atoms with E-state index in [9.17, 15) is 9.90 Å². The number of carbonyl (C=O) groups excluding carboxylic acids is 1. The second-order valence-electron chi connectivity index (χ2n) is 6.80. The van der Waals surface area contributed by atoms with Crippen molar-refractivity contribution in [3.05, 3.63) is 65.2 Å². The Kier molecular flexibility index (Phi) is 3.76. The molecule has 2 aromatic rings. The molecule has 1 atom stereocenters. The van der Waals surface area contributed by atoms with Crippen LogP contribution in [0.2, 0.25) is 0 Å². The number of phenols is 1. The molecule has 0 aromatic heterocycles. The van der Waals surface area contributed by atoms with Crippen LogP contribution in [0, 0.1) is 0 Å². The predicted molar refractivity (Wildman–Crippen MR) is 88.2 cm³/mol. The molecule has 0 spiro atoms. The average Bonchev–Trinajstić information content (AvgIpc) is 2.86. The Hall–Kier alpha value is -2.49. The van der Waals surface area contributed by atoms with Crippen molar-refractivity contribution in [1.82, 2.24) is 4.90 Å². The van der Waals surface area contributed by atoms with Crippen molar-refractivity contribution in [2.45, 2.75) is 39.0 Å². The van der Waals surface area contributed by atoms with Gasteiger partial charge in [0.1, 0.15) is 11.4 Å². The molecule has 1 amide bonds. The fourth-order valence-electron chi connectivity index (χ4n) is 2.89. The molecular formula is C19H21NO3. The first-order valence-corrected chi connectivity index (χ1v) is 7.71. The average molecular weight is 311 g/mol. The maximum Gasteiger partial charge on any atom is 0.411 e. The summed E-state index contributed by atoms with van der Waals surface area (Å²) in [5.74, 6) is 0.212. The third kappa shape index (κ3) is 3.16. The van der Waals surface area contributed by atoms with Gasteiger partial charge < -0.3 is 9.84 Å². The number of rotatable bonds is 1. The van der Waals surface area contributed by atoms with Gasteiger partial charge in [-0.15, -0.1) is 0 Å². The van der Waals surface area contributed by atoms with Crippen LogP contribution in [-0.4, -0.2) is 21.7 Å². The molecule has 0 fully saturated rings. The van der Waals surface area contributed by atoms with Crippen LogP contribution in [0.3, 0.4) is 0 Å². The van der Waals surface area contributed by atoms with E-state index in [4.69, 9.17) is 4.74 Å². The Morgan fingerprint density at radius 3 is 2.43 bits per heavy atom. The van der Waals surface area contributed by atoms with Crippen molar-refractivity contribution < 1.29 is 14.6 Å². The number of amides is 1. The van der Waals surface area contributed by atoms with Crippen LogP contribution in [0.5, 0.6) is 5.75 Å². The van der Waals surface area contributed by atoms with Crippen molar-refractivity contribution >= 4 is 6.09 Å². The summed E-state index contributed by atoms with van der Waals surface area (Å²) in [7, 11) is 0. The van der Waals surface area contributed by atoms with Crippen LogP contribution < -0.4 is 0 Å². The van der Waals surface area contributed by atoms with Crippen LogP contribution in [0.25, 0.3) is 0 Å². The van der Waals surface area contributed by atoms with Gasteiger partial charge in [0.25, 0.3) is 0 Å². The topological polar surface area (TPSA) is 49.8 Å². The number of fused-ring (bicyclic) bond motifs is 1. The van der Waals surface area contributed by atoms with Gasteiger partial charge in [-0.1, -0.05) is 36.4 Å². The van der Waals surface area contributed by atoms with E-state index in [1.165, 1.54) is 0 Å². The molecule has 0 saturated carbocycles. The number of benzene rings is 2. The van der Waals surface area contributed by atoms with Gasteiger partial charge in [0, 0.05) is 0 Å². The van der Waals surface area contributed by atoms with Gasteiger partial charge in [0.2, 0.25) is 0 Å². The van der Waals surface area contributed by atoms with E-state index in [-0.39, 0.29) is 17.9 Å². The predicted octanol–water partition coefficient (Wildman–Crippen LogP) is 4.23. The fraction of sp³-hybridized carbons (Fsp3) is 0.316. The molecule has 3 rings (SSSR count). The number of hydrogen-bond acceptors (Lipinski definition) is 3. The quantitative estimate of drug-likeness (QED) is 0.857. The Bertz CT molecular complexity index is 716. The Morgan fingerprint density at radius 1 is 1.13 bits per heavy atom. The minimum atomic E-state index is -0.536. The van der Waals surface area contributed by atoms with E-state index in [0.717, 1.165) is 16.7 Å². The van der Waals surface area contributed by atoms with E-state index in [1.807, 2.05) is 57.2 Å². The van der Waals surface area contributed by atoms with Crippen molar-refractivity contribution in [1.29, 1.82) is 0 Å². The molecule has 0 bridgehead atoms. The van der Waals surface area contributed by atoms with Gasteiger partial charge >= 0.3 is 6.09 Å². The summed E-state index contributed by atoms with van der Waals surface area (Å²) < 4.78 is 5.57. The number of phenolic OH excluding ortho intramolecular Hbond substituents is 1. The number of nitrogens with zero attached hydrogens (tertiary/aromatic N) is 1. The van der Waals surface area contributed by atoms with Crippen molar-refractivity contribution in [3.8, 4) is 5.75 Å². The van der Waals surface area contributed by atoms with Crippen molar-refractivity contribution in [2.24, 2.45) is 0 Å². The molecule has 4 heteroatoms. The van der Waals surface area contributed by atoms with E-state index >= 15 is 0 Å². The van der Waals surface area contributed by atoms with Crippen molar-refractivity contribution in [3.63, 3.8) is 0 Å². The maximum atomic E-state index is 12.6. The zero-order chi connectivity index (χ0) is 16.6. The molecule has 1 aliphatic rings. The van der Waals surface area contributed by atoms with Gasteiger partial charge in [-0.25, -0.2) is 4.79 Å². The molecule has 0 aliphatic carbocycles. The van der Waals surface area contributed by atoms with Crippen LogP contribution in [0.1, 0.15) is 43.5 Å². The van der Waals surface area contributed by atoms with Gasteiger partial charge in [-0.2, -0.15) is 0 Å². The lowest BCUT2D eigenvalue weighted by atomic mass is 9.98. The molecule has 120 valence electrons. The maximum absolute atomic E-state index is 12.6. The number of carbonyl (C=O) groups is 1. The molecule has 23 heavy (non-hydrogen) atoms. The zero-order valence-corrected chi connectivity index (χ0v) is 13.6. The molecule has 2 aromatic carbocycles. The second-order valence-corrected chi connectivity index (χ2v) is 6.80. The van der Waals surface area contributed by atoms with Crippen LogP contribution in [-0.2, 0) is 11.3 Å². The SMILES string of the molecule is CC(C)(C)OC(=O)N1Cc2ccccc2C1c1ccc(O)cc1. The van der Waals surface area contributed by atoms with E-state index < -0.39 is 5.60 Å². The molecule has 1 unspecified atom stereocenters. The van der Waals surface area contributed by atoms with Gasteiger partial charge in [0.15, 0.2) is 0 Å². The second kappa shape index (κ2) is 5.61. The highest BCUT2D eigenvalue weighted by molar-refractivity contribution is 5.71. The first-order valence-electron chi connectivity index (χ1n) is 7.71. The summed E-state index contributed by atoms with van der Waals surface area (Å²) in [6, 6.07) is 14.8. The Balaban J connectivity index is 1.99. The summed E-state index contributed by atoms with van der Waals surface area (Å²) in [4.78, 5) is 14.4. The summed E-state index contributed by atoms with van der Waals surface area (Å²) in [5.41, 5.74) is 2.64. The van der Waals surface area contributed by atoms with Gasteiger partial charge in [0.05, 0.1) is 12.6 Å². The standard InChI is InChI=1S/C19H21NO3/c1-19(2,3)23-18(22)20-12-14-6-4-5-7-16(14)17(20)13-8-10-15(21)11-9-13/h4-11,17,21H,12H2,1-3H3. The Labute approximate surface area is 136 Å². The first-order chi connectivity index (χ1) is 10.8. The third-order valence-electron chi connectivity index (χ3n) is 3.84. The largest absolute Gasteiger partial charge is 0.508 e. The summed E-state index contributed by atoms with van der Waals surface area (Å²) in [6.07, 6.45) is -0.327. The molecule has 0 saturated heterocycles. The molecular weight excluding hydrogens is 290 g/mol. The van der Waals surface area contributed by atoms with Crippen LogP contribution >= 0.6 is 0 Å².